The fourth-order valence-electron chi connectivity index (χ4n) is 5.13. The zero-order valence-corrected chi connectivity index (χ0v) is 22.4. The summed E-state index contributed by atoms with van der Waals surface area (Å²) in [4.78, 5) is 17.3. The first-order valence-electron chi connectivity index (χ1n) is 12.2. The van der Waals surface area contributed by atoms with Crippen LogP contribution in [-0.4, -0.2) is 42.7 Å². The minimum atomic E-state index is -3.91. The van der Waals surface area contributed by atoms with E-state index in [2.05, 4.69) is 30.5 Å². The van der Waals surface area contributed by atoms with Crippen molar-refractivity contribution in [2.24, 2.45) is 0 Å². The Morgan fingerprint density at radius 1 is 1.00 bits per heavy atom. The summed E-state index contributed by atoms with van der Waals surface area (Å²) in [5.41, 5.74) is 3.34. The van der Waals surface area contributed by atoms with E-state index < -0.39 is 10.0 Å². The lowest BCUT2D eigenvalue weighted by atomic mass is 9.90. The standard InChI is InChI=1S/C29H30N2O3S2/c1-20(2)31(36(33,34)27-14-8-11-22-10-5-7-13-24(22)27)19-28(32)30-17-15-26-25(16-18-35-26)29(30)23-12-6-4-9-21(23)3/h4-14,16,18,20,29H,15,17,19H2,1-3H3/t29-/m1/s1. The molecule has 5 nitrogen and oxygen atoms in total. The first-order valence-corrected chi connectivity index (χ1v) is 14.5. The molecule has 36 heavy (non-hydrogen) atoms. The van der Waals surface area contributed by atoms with Crippen LogP contribution in [0, 0.1) is 6.92 Å². The Hall–Kier alpha value is -3.00. The van der Waals surface area contributed by atoms with E-state index in [-0.39, 0.29) is 29.4 Å². The molecular formula is C29H30N2O3S2. The third-order valence-corrected chi connectivity index (χ3v) is 10.0. The quantitative estimate of drug-likeness (QED) is 0.325. The molecule has 1 aliphatic rings. The summed E-state index contributed by atoms with van der Waals surface area (Å²) in [6.07, 6.45) is 0.777. The van der Waals surface area contributed by atoms with Gasteiger partial charge in [-0.1, -0.05) is 60.7 Å². The predicted octanol–water partition coefficient (Wildman–Crippen LogP) is 5.78. The Morgan fingerprint density at radius 2 is 1.72 bits per heavy atom. The summed E-state index contributed by atoms with van der Waals surface area (Å²) >= 11 is 1.72. The second kappa shape index (κ2) is 9.81. The average molecular weight is 519 g/mol. The van der Waals surface area contributed by atoms with Gasteiger partial charge in [0.2, 0.25) is 15.9 Å². The fourth-order valence-corrected chi connectivity index (χ4v) is 7.84. The second-order valence-corrected chi connectivity index (χ2v) is 12.4. The Bertz CT molecular complexity index is 1520. The zero-order chi connectivity index (χ0) is 25.4. The van der Waals surface area contributed by atoms with Crippen molar-refractivity contribution in [1.29, 1.82) is 0 Å². The summed E-state index contributed by atoms with van der Waals surface area (Å²) in [6.45, 7) is 6.06. The number of nitrogens with zero attached hydrogens (tertiary/aromatic N) is 2. The third kappa shape index (κ3) is 4.36. The van der Waals surface area contributed by atoms with Gasteiger partial charge >= 0.3 is 0 Å². The van der Waals surface area contributed by atoms with Crippen LogP contribution in [0.1, 0.15) is 41.5 Å². The van der Waals surface area contributed by atoms with Crippen molar-refractivity contribution in [2.45, 2.75) is 44.2 Å². The van der Waals surface area contributed by atoms with E-state index in [9.17, 15) is 13.2 Å². The number of amides is 1. The summed E-state index contributed by atoms with van der Waals surface area (Å²) in [6, 6.07) is 22.4. The largest absolute Gasteiger partial charge is 0.330 e. The smallest absolute Gasteiger partial charge is 0.244 e. The van der Waals surface area contributed by atoms with Gasteiger partial charge in [-0.3, -0.25) is 4.79 Å². The highest BCUT2D eigenvalue weighted by Gasteiger charge is 2.37. The predicted molar refractivity (Wildman–Crippen MR) is 146 cm³/mol. The van der Waals surface area contributed by atoms with Crippen LogP contribution in [0.15, 0.2) is 83.1 Å². The molecule has 0 unspecified atom stereocenters. The second-order valence-electron chi connectivity index (χ2n) is 9.52. The summed E-state index contributed by atoms with van der Waals surface area (Å²) in [7, 11) is -3.91. The van der Waals surface area contributed by atoms with Gasteiger partial charge in [0, 0.05) is 22.8 Å². The molecule has 1 amide bonds. The van der Waals surface area contributed by atoms with Crippen LogP contribution in [0.3, 0.4) is 0 Å². The number of carbonyl (C=O) groups is 1. The Kier molecular flexibility index (Phi) is 6.72. The Labute approximate surface area is 217 Å². The van der Waals surface area contributed by atoms with Gasteiger partial charge in [0.15, 0.2) is 0 Å². The molecule has 0 bridgehead atoms. The molecule has 2 heterocycles. The molecule has 1 aliphatic heterocycles. The molecule has 0 fully saturated rings. The lowest BCUT2D eigenvalue weighted by Gasteiger charge is -2.38. The molecule has 4 aromatic rings. The number of sulfonamides is 1. The maximum Gasteiger partial charge on any atom is 0.244 e. The van der Waals surface area contributed by atoms with Crippen LogP contribution in [-0.2, 0) is 21.2 Å². The molecule has 5 rings (SSSR count). The average Bonchev–Trinajstić information content (AvgIpc) is 3.35. The molecule has 0 N–H and O–H groups in total. The van der Waals surface area contributed by atoms with Crippen molar-refractivity contribution in [1.82, 2.24) is 9.21 Å². The lowest BCUT2D eigenvalue weighted by Crippen LogP contribution is -2.48. The van der Waals surface area contributed by atoms with Crippen LogP contribution in [0.2, 0.25) is 0 Å². The number of aryl methyl sites for hydroxylation is 1. The minimum Gasteiger partial charge on any atom is -0.330 e. The number of fused-ring (bicyclic) bond motifs is 2. The molecular weight excluding hydrogens is 488 g/mol. The van der Waals surface area contributed by atoms with Gasteiger partial charge in [-0.2, -0.15) is 4.31 Å². The zero-order valence-electron chi connectivity index (χ0n) is 20.7. The molecule has 3 aromatic carbocycles. The van der Waals surface area contributed by atoms with E-state index in [0.717, 1.165) is 28.5 Å². The molecule has 1 aromatic heterocycles. The van der Waals surface area contributed by atoms with Crippen LogP contribution >= 0.6 is 11.3 Å². The summed E-state index contributed by atoms with van der Waals surface area (Å²) in [5, 5.41) is 3.60. The molecule has 186 valence electrons. The highest BCUT2D eigenvalue weighted by molar-refractivity contribution is 7.89. The van der Waals surface area contributed by atoms with Crippen LogP contribution in [0.4, 0.5) is 0 Å². The molecule has 0 spiro atoms. The van der Waals surface area contributed by atoms with Gasteiger partial charge in [0.25, 0.3) is 0 Å². The first kappa shape index (κ1) is 24.7. The summed E-state index contributed by atoms with van der Waals surface area (Å²) in [5.74, 6) is -0.183. The van der Waals surface area contributed by atoms with E-state index in [1.807, 2.05) is 61.2 Å². The third-order valence-electron chi connectivity index (χ3n) is 6.97. The lowest BCUT2D eigenvalue weighted by molar-refractivity contribution is -0.133. The van der Waals surface area contributed by atoms with Gasteiger partial charge in [0.05, 0.1) is 17.5 Å². The van der Waals surface area contributed by atoms with E-state index >= 15 is 0 Å². The SMILES string of the molecule is Cc1ccccc1[C@@H]1c2ccsc2CCN1C(=O)CN(C(C)C)S(=O)(=O)c1cccc2ccccc12. The van der Waals surface area contributed by atoms with E-state index in [1.165, 1.54) is 9.18 Å². The topological polar surface area (TPSA) is 57.7 Å². The van der Waals surface area contributed by atoms with Gasteiger partial charge in [-0.25, -0.2) is 8.42 Å². The number of carbonyl (C=O) groups excluding carboxylic acids is 1. The Morgan fingerprint density at radius 3 is 2.50 bits per heavy atom. The number of hydrogen-bond acceptors (Lipinski definition) is 4. The molecule has 0 saturated heterocycles. The van der Waals surface area contributed by atoms with Gasteiger partial charge < -0.3 is 4.90 Å². The molecule has 0 saturated carbocycles. The maximum absolute atomic E-state index is 13.9. The highest BCUT2D eigenvalue weighted by atomic mass is 32.2. The van der Waals surface area contributed by atoms with Crippen molar-refractivity contribution in [2.75, 3.05) is 13.1 Å². The number of thiophene rings is 1. The molecule has 0 radical (unpaired) electrons. The number of rotatable bonds is 6. The van der Waals surface area contributed by atoms with Crippen molar-refractivity contribution in [3.63, 3.8) is 0 Å². The van der Waals surface area contributed by atoms with E-state index in [4.69, 9.17) is 0 Å². The van der Waals surface area contributed by atoms with E-state index in [0.29, 0.717) is 11.9 Å². The van der Waals surface area contributed by atoms with E-state index in [1.54, 1.807) is 23.5 Å². The Balaban J connectivity index is 1.52. The van der Waals surface area contributed by atoms with Crippen LogP contribution in [0.25, 0.3) is 10.8 Å². The van der Waals surface area contributed by atoms with Crippen molar-refractivity contribution in [3.05, 3.63) is 99.7 Å². The summed E-state index contributed by atoms with van der Waals surface area (Å²) < 4.78 is 29.2. The van der Waals surface area contributed by atoms with Crippen molar-refractivity contribution >= 4 is 38.0 Å². The fraction of sp³-hybridized carbons (Fsp3) is 0.276. The normalized spacial score (nSPS) is 16.0. The van der Waals surface area contributed by atoms with Crippen LogP contribution < -0.4 is 0 Å². The molecule has 7 heteroatoms. The monoisotopic (exact) mass is 518 g/mol. The molecule has 0 aliphatic carbocycles. The van der Waals surface area contributed by atoms with Gasteiger partial charge in [-0.05, 0) is 66.8 Å². The van der Waals surface area contributed by atoms with Crippen molar-refractivity contribution in [3.8, 4) is 0 Å². The number of hydrogen-bond donors (Lipinski definition) is 0. The highest BCUT2D eigenvalue weighted by Crippen LogP contribution is 2.39. The first-order chi connectivity index (χ1) is 17.3. The van der Waals surface area contributed by atoms with Gasteiger partial charge in [-0.15, -0.1) is 11.3 Å². The van der Waals surface area contributed by atoms with Gasteiger partial charge in [0.1, 0.15) is 0 Å². The minimum absolute atomic E-state index is 0.183. The maximum atomic E-state index is 13.9. The van der Waals surface area contributed by atoms with Crippen molar-refractivity contribution < 1.29 is 13.2 Å². The molecule has 1 atom stereocenters. The van der Waals surface area contributed by atoms with Crippen LogP contribution in [0.5, 0.6) is 0 Å². The number of benzene rings is 3.